The molecule has 0 bridgehead atoms. The molecule has 0 saturated carbocycles. The zero-order chi connectivity index (χ0) is 10.6. The average molecular weight is 194 g/mol. The fourth-order valence-corrected chi connectivity index (χ4v) is 1.51. The maximum atomic E-state index is 11.6. The maximum Gasteiger partial charge on any atom is 0.273 e. The van der Waals surface area contributed by atoms with Gasteiger partial charge in [-0.15, -0.1) is 0 Å². The van der Waals surface area contributed by atoms with E-state index in [0.29, 0.717) is 5.69 Å². The van der Waals surface area contributed by atoms with Gasteiger partial charge in [-0.1, -0.05) is 19.8 Å². The molecule has 0 fully saturated rings. The third-order valence-electron chi connectivity index (χ3n) is 2.45. The van der Waals surface area contributed by atoms with Gasteiger partial charge in [0.25, 0.3) is 5.56 Å². The monoisotopic (exact) mass is 194 g/mol. The predicted octanol–water partition coefficient (Wildman–Crippen LogP) is 2.18. The van der Waals surface area contributed by atoms with Gasteiger partial charge >= 0.3 is 0 Å². The molecule has 78 valence electrons. The van der Waals surface area contributed by atoms with Gasteiger partial charge in [0.1, 0.15) is 0 Å². The first-order valence-electron chi connectivity index (χ1n) is 5.13. The lowest BCUT2D eigenvalue weighted by Gasteiger charge is -2.14. The van der Waals surface area contributed by atoms with Crippen molar-refractivity contribution in [3.63, 3.8) is 0 Å². The highest BCUT2D eigenvalue weighted by atomic mass is 16.1. The Kier molecular flexibility index (Phi) is 3.74. The molecule has 0 saturated heterocycles. The van der Waals surface area contributed by atoms with Crippen molar-refractivity contribution in [2.24, 2.45) is 0 Å². The zero-order valence-electron chi connectivity index (χ0n) is 8.86. The molecule has 0 aliphatic heterocycles. The third-order valence-corrected chi connectivity index (χ3v) is 2.45. The lowest BCUT2D eigenvalue weighted by molar-refractivity contribution is 0.474. The van der Waals surface area contributed by atoms with E-state index in [2.05, 4.69) is 13.8 Å². The lowest BCUT2D eigenvalue weighted by atomic mass is 10.1. The Hall–Kier alpha value is -1.25. The molecule has 14 heavy (non-hydrogen) atoms. The average Bonchev–Trinajstić information content (AvgIpc) is 2.18. The standard InChI is InChI=1S/C11H18N2O/c1-3-4-6-9(2)13-8-5-7-10(12)11(13)14/h5,7-9H,3-4,6,12H2,1-2H3. The molecule has 3 nitrogen and oxygen atoms in total. The van der Waals surface area contributed by atoms with E-state index >= 15 is 0 Å². The molecule has 0 aromatic carbocycles. The molecule has 0 aliphatic carbocycles. The molecule has 0 radical (unpaired) electrons. The summed E-state index contributed by atoms with van der Waals surface area (Å²) in [5, 5.41) is 0. The number of nitrogens with two attached hydrogens (primary N) is 1. The van der Waals surface area contributed by atoms with Crippen LogP contribution in [-0.2, 0) is 0 Å². The Morgan fingerprint density at radius 3 is 2.93 bits per heavy atom. The van der Waals surface area contributed by atoms with Crippen molar-refractivity contribution < 1.29 is 0 Å². The summed E-state index contributed by atoms with van der Waals surface area (Å²) >= 11 is 0. The quantitative estimate of drug-likeness (QED) is 0.798. The van der Waals surface area contributed by atoms with E-state index in [1.807, 2.05) is 6.07 Å². The van der Waals surface area contributed by atoms with Crippen molar-refractivity contribution in [3.05, 3.63) is 28.7 Å². The first kappa shape index (κ1) is 10.8. The normalized spacial score (nSPS) is 12.7. The van der Waals surface area contributed by atoms with Crippen LogP contribution in [0.1, 0.15) is 39.2 Å². The van der Waals surface area contributed by atoms with Crippen molar-refractivity contribution in [3.8, 4) is 0 Å². The van der Waals surface area contributed by atoms with Crippen LogP contribution in [0.5, 0.6) is 0 Å². The number of aromatic nitrogens is 1. The minimum atomic E-state index is -0.0731. The van der Waals surface area contributed by atoms with E-state index < -0.39 is 0 Å². The minimum absolute atomic E-state index is 0.0731. The molecular formula is C11H18N2O. The molecule has 3 heteroatoms. The predicted molar refractivity (Wildman–Crippen MR) is 59.4 cm³/mol. The van der Waals surface area contributed by atoms with Crippen molar-refractivity contribution in [1.82, 2.24) is 4.57 Å². The summed E-state index contributed by atoms with van der Waals surface area (Å²) in [5.41, 5.74) is 5.81. The number of rotatable bonds is 4. The topological polar surface area (TPSA) is 48.0 Å². The van der Waals surface area contributed by atoms with Crippen molar-refractivity contribution in [2.45, 2.75) is 39.2 Å². The second-order valence-corrected chi connectivity index (χ2v) is 3.67. The molecule has 2 N–H and O–H groups in total. The number of pyridine rings is 1. The van der Waals surface area contributed by atoms with Crippen LogP contribution in [0.15, 0.2) is 23.1 Å². The number of hydrogen-bond acceptors (Lipinski definition) is 2. The van der Waals surface area contributed by atoms with Gasteiger partial charge in [0, 0.05) is 12.2 Å². The van der Waals surface area contributed by atoms with Crippen molar-refractivity contribution >= 4 is 5.69 Å². The summed E-state index contributed by atoms with van der Waals surface area (Å²) in [7, 11) is 0. The van der Waals surface area contributed by atoms with Crippen LogP contribution in [0.4, 0.5) is 5.69 Å². The number of anilines is 1. The minimum Gasteiger partial charge on any atom is -0.394 e. The summed E-state index contributed by atoms with van der Waals surface area (Å²) < 4.78 is 1.71. The van der Waals surface area contributed by atoms with Gasteiger partial charge in [-0.2, -0.15) is 0 Å². The highest BCUT2D eigenvalue weighted by Gasteiger charge is 2.06. The zero-order valence-corrected chi connectivity index (χ0v) is 8.86. The van der Waals surface area contributed by atoms with Gasteiger partial charge in [0.2, 0.25) is 0 Å². The Labute approximate surface area is 84.6 Å². The fourth-order valence-electron chi connectivity index (χ4n) is 1.51. The van der Waals surface area contributed by atoms with Gasteiger partial charge < -0.3 is 10.3 Å². The molecule has 0 aliphatic rings. The van der Waals surface area contributed by atoms with Crippen LogP contribution in [0.25, 0.3) is 0 Å². The molecule has 0 spiro atoms. The van der Waals surface area contributed by atoms with Gasteiger partial charge in [0.05, 0.1) is 5.69 Å². The first-order chi connectivity index (χ1) is 6.66. The number of nitrogen functional groups attached to an aromatic ring is 1. The van der Waals surface area contributed by atoms with E-state index in [-0.39, 0.29) is 11.6 Å². The van der Waals surface area contributed by atoms with Crippen LogP contribution in [-0.4, -0.2) is 4.57 Å². The van der Waals surface area contributed by atoms with E-state index in [1.165, 1.54) is 0 Å². The number of hydrogen-bond donors (Lipinski definition) is 1. The smallest absolute Gasteiger partial charge is 0.273 e. The Morgan fingerprint density at radius 1 is 1.57 bits per heavy atom. The van der Waals surface area contributed by atoms with Gasteiger partial charge in [0.15, 0.2) is 0 Å². The highest BCUT2D eigenvalue weighted by Crippen LogP contribution is 2.12. The summed E-state index contributed by atoms with van der Waals surface area (Å²) in [6.07, 6.45) is 5.13. The van der Waals surface area contributed by atoms with Gasteiger partial charge in [-0.3, -0.25) is 4.79 Å². The molecule has 1 rings (SSSR count). The summed E-state index contributed by atoms with van der Waals surface area (Å²) in [6.45, 7) is 4.20. The molecule has 1 aromatic rings. The van der Waals surface area contributed by atoms with Crippen LogP contribution >= 0.6 is 0 Å². The van der Waals surface area contributed by atoms with Crippen LogP contribution in [0.2, 0.25) is 0 Å². The van der Waals surface area contributed by atoms with E-state index in [9.17, 15) is 4.79 Å². The molecule has 1 aromatic heterocycles. The summed E-state index contributed by atoms with van der Waals surface area (Å²) in [5.74, 6) is 0. The van der Waals surface area contributed by atoms with E-state index in [4.69, 9.17) is 5.73 Å². The SMILES string of the molecule is CCCCC(C)n1cccc(N)c1=O. The van der Waals surface area contributed by atoms with Crippen molar-refractivity contribution in [2.75, 3.05) is 5.73 Å². The second kappa shape index (κ2) is 4.84. The largest absolute Gasteiger partial charge is 0.394 e. The highest BCUT2D eigenvalue weighted by molar-refractivity contribution is 5.33. The summed E-state index contributed by atoms with van der Waals surface area (Å²) in [6, 6.07) is 3.70. The Balaban J connectivity index is 2.84. The first-order valence-corrected chi connectivity index (χ1v) is 5.13. The second-order valence-electron chi connectivity index (χ2n) is 3.67. The lowest BCUT2D eigenvalue weighted by Crippen LogP contribution is -2.24. The van der Waals surface area contributed by atoms with Crippen molar-refractivity contribution in [1.29, 1.82) is 0 Å². The summed E-state index contributed by atoms with van der Waals surface area (Å²) in [4.78, 5) is 11.6. The Morgan fingerprint density at radius 2 is 2.29 bits per heavy atom. The number of unbranched alkanes of at least 4 members (excludes halogenated alkanes) is 1. The molecule has 1 atom stereocenters. The van der Waals surface area contributed by atoms with Crippen LogP contribution < -0.4 is 11.3 Å². The van der Waals surface area contributed by atoms with Crippen LogP contribution in [0, 0.1) is 0 Å². The maximum absolute atomic E-state index is 11.6. The molecule has 1 heterocycles. The van der Waals surface area contributed by atoms with Gasteiger partial charge in [-0.25, -0.2) is 0 Å². The third kappa shape index (κ3) is 2.37. The molecule has 1 unspecified atom stereocenters. The molecule has 0 amide bonds. The Bertz CT molecular complexity index is 343. The van der Waals surface area contributed by atoms with E-state index in [0.717, 1.165) is 19.3 Å². The van der Waals surface area contributed by atoms with Crippen LogP contribution in [0.3, 0.4) is 0 Å². The van der Waals surface area contributed by atoms with E-state index in [1.54, 1.807) is 16.8 Å². The molecular weight excluding hydrogens is 176 g/mol. The van der Waals surface area contributed by atoms with Gasteiger partial charge in [-0.05, 0) is 25.5 Å². The number of nitrogens with zero attached hydrogens (tertiary/aromatic N) is 1. The fraction of sp³-hybridized carbons (Fsp3) is 0.545.